The monoisotopic (exact) mass is 290 g/mol. The van der Waals surface area contributed by atoms with Gasteiger partial charge in [0.25, 0.3) is 0 Å². The number of hydrogen-bond acceptors (Lipinski definition) is 2. The molecule has 0 fully saturated rings. The van der Waals surface area contributed by atoms with Gasteiger partial charge in [0.1, 0.15) is 0 Å². The van der Waals surface area contributed by atoms with Crippen LogP contribution in [0.15, 0.2) is 24.3 Å². The lowest BCUT2D eigenvalue weighted by Crippen LogP contribution is -2.43. The molecule has 0 aliphatic rings. The molecule has 1 aromatic carbocycles. The molecule has 0 radical (unpaired) electrons. The summed E-state index contributed by atoms with van der Waals surface area (Å²) in [6.07, 6.45) is 0. The van der Waals surface area contributed by atoms with E-state index in [9.17, 15) is 4.79 Å². The molecule has 0 atom stereocenters. The Morgan fingerprint density at radius 1 is 1.10 bits per heavy atom. The van der Waals surface area contributed by atoms with Gasteiger partial charge in [0.05, 0.1) is 5.41 Å². The summed E-state index contributed by atoms with van der Waals surface area (Å²) in [5, 5.41) is 3.13. The van der Waals surface area contributed by atoms with E-state index in [1.165, 1.54) is 0 Å². The lowest BCUT2D eigenvalue weighted by Gasteiger charge is -2.29. The van der Waals surface area contributed by atoms with Crippen LogP contribution >= 0.6 is 0 Å². The van der Waals surface area contributed by atoms with E-state index in [1.54, 1.807) is 0 Å². The number of rotatable bonds is 6. The van der Waals surface area contributed by atoms with Crippen LogP contribution in [-0.4, -0.2) is 12.5 Å². The first-order valence-electron chi connectivity index (χ1n) is 7.80. The SMILES string of the molecule is CC(C)C(CNC(=O)C(C)(C)c1ccc(N)cc1)C(C)C. The molecule has 1 amide bonds. The lowest BCUT2D eigenvalue weighted by atomic mass is 9.82. The maximum Gasteiger partial charge on any atom is 0.230 e. The minimum Gasteiger partial charge on any atom is -0.399 e. The molecule has 0 saturated heterocycles. The van der Waals surface area contributed by atoms with Gasteiger partial charge in [0.15, 0.2) is 0 Å². The van der Waals surface area contributed by atoms with Gasteiger partial charge in [-0.05, 0) is 49.3 Å². The summed E-state index contributed by atoms with van der Waals surface area (Å²) in [5.74, 6) is 1.68. The van der Waals surface area contributed by atoms with Crippen LogP contribution in [0.5, 0.6) is 0 Å². The first-order chi connectivity index (χ1) is 9.66. The Balaban J connectivity index is 2.75. The highest BCUT2D eigenvalue weighted by Crippen LogP contribution is 2.25. The van der Waals surface area contributed by atoms with E-state index in [1.807, 2.05) is 38.1 Å². The third-order valence-electron chi connectivity index (χ3n) is 4.41. The molecule has 0 saturated carbocycles. The van der Waals surface area contributed by atoms with Crippen molar-refractivity contribution in [2.45, 2.75) is 47.0 Å². The summed E-state index contributed by atoms with van der Waals surface area (Å²) in [5.41, 5.74) is 6.86. The molecule has 3 nitrogen and oxygen atoms in total. The van der Waals surface area contributed by atoms with Gasteiger partial charge >= 0.3 is 0 Å². The smallest absolute Gasteiger partial charge is 0.230 e. The van der Waals surface area contributed by atoms with E-state index in [4.69, 9.17) is 5.73 Å². The van der Waals surface area contributed by atoms with Crippen LogP contribution in [0.3, 0.4) is 0 Å². The van der Waals surface area contributed by atoms with Crippen molar-refractivity contribution in [3.8, 4) is 0 Å². The number of carbonyl (C=O) groups is 1. The number of nitrogens with two attached hydrogens (primary N) is 1. The molecule has 0 heterocycles. The second-order valence-corrected chi connectivity index (χ2v) is 7.11. The lowest BCUT2D eigenvalue weighted by molar-refractivity contribution is -0.126. The minimum absolute atomic E-state index is 0.0681. The van der Waals surface area contributed by atoms with Crippen LogP contribution in [-0.2, 0) is 10.2 Å². The van der Waals surface area contributed by atoms with Gasteiger partial charge in [0.2, 0.25) is 5.91 Å². The number of carbonyl (C=O) groups excluding carboxylic acids is 1. The molecule has 1 aromatic rings. The Bertz CT molecular complexity index is 453. The van der Waals surface area contributed by atoms with Crippen molar-refractivity contribution in [1.82, 2.24) is 5.32 Å². The number of anilines is 1. The Labute approximate surface area is 129 Å². The van der Waals surface area contributed by atoms with Crippen molar-refractivity contribution in [1.29, 1.82) is 0 Å². The molecule has 3 heteroatoms. The molecule has 3 N–H and O–H groups in total. The maximum atomic E-state index is 12.6. The summed E-state index contributed by atoms with van der Waals surface area (Å²) in [6, 6.07) is 7.54. The third kappa shape index (κ3) is 4.48. The normalized spacial score (nSPS) is 12.2. The standard InChI is InChI=1S/C18H30N2O/c1-12(2)16(13(3)4)11-20-17(21)18(5,6)14-7-9-15(19)10-8-14/h7-10,12-13,16H,11,19H2,1-6H3,(H,20,21). The molecular weight excluding hydrogens is 260 g/mol. The highest BCUT2D eigenvalue weighted by Gasteiger charge is 2.30. The molecule has 118 valence electrons. The van der Waals surface area contributed by atoms with Gasteiger partial charge in [-0.2, -0.15) is 0 Å². The molecule has 0 aromatic heterocycles. The zero-order valence-corrected chi connectivity index (χ0v) is 14.2. The van der Waals surface area contributed by atoms with Crippen molar-refractivity contribution >= 4 is 11.6 Å². The number of benzene rings is 1. The fraction of sp³-hybridized carbons (Fsp3) is 0.611. The fourth-order valence-electron chi connectivity index (χ4n) is 2.70. The van der Waals surface area contributed by atoms with E-state index in [-0.39, 0.29) is 5.91 Å². The maximum absolute atomic E-state index is 12.6. The average Bonchev–Trinajstić information content (AvgIpc) is 2.38. The second kappa shape index (κ2) is 6.97. The van der Waals surface area contributed by atoms with E-state index in [0.29, 0.717) is 17.8 Å². The third-order valence-corrected chi connectivity index (χ3v) is 4.41. The van der Waals surface area contributed by atoms with Crippen LogP contribution < -0.4 is 11.1 Å². The van der Waals surface area contributed by atoms with Crippen LogP contribution in [0.4, 0.5) is 5.69 Å². The summed E-state index contributed by atoms with van der Waals surface area (Å²) >= 11 is 0. The van der Waals surface area contributed by atoms with Crippen LogP contribution in [0, 0.1) is 17.8 Å². The summed E-state index contributed by atoms with van der Waals surface area (Å²) < 4.78 is 0. The first-order valence-corrected chi connectivity index (χ1v) is 7.80. The molecular formula is C18H30N2O. The predicted molar refractivity (Wildman–Crippen MR) is 90.1 cm³/mol. The molecule has 0 spiro atoms. The Kier molecular flexibility index (Phi) is 5.82. The van der Waals surface area contributed by atoms with Crippen molar-refractivity contribution in [2.75, 3.05) is 12.3 Å². The Hall–Kier alpha value is -1.51. The molecule has 0 bridgehead atoms. The topological polar surface area (TPSA) is 55.1 Å². The highest BCUT2D eigenvalue weighted by atomic mass is 16.2. The van der Waals surface area contributed by atoms with Gasteiger partial charge in [-0.1, -0.05) is 39.8 Å². The summed E-state index contributed by atoms with van der Waals surface area (Å²) in [4.78, 5) is 12.6. The molecule has 0 unspecified atom stereocenters. The molecule has 0 aliphatic heterocycles. The predicted octanol–water partition coefficient (Wildman–Crippen LogP) is 3.59. The molecule has 21 heavy (non-hydrogen) atoms. The number of amides is 1. The van der Waals surface area contributed by atoms with Gasteiger partial charge in [-0.25, -0.2) is 0 Å². The number of hydrogen-bond donors (Lipinski definition) is 2. The molecule has 0 aliphatic carbocycles. The number of nitrogen functional groups attached to an aromatic ring is 1. The summed E-state index contributed by atoms with van der Waals surface area (Å²) in [6.45, 7) is 13.5. The minimum atomic E-state index is -0.549. The molecule has 1 rings (SSSR count). The van der Waals surface area contributed by atoms with Gasteiger partial charge in [-0.15, -0.1) is 0 Å². The zero-order valence-electron chi connectivity index (χ0n) is 14.2. The van der Waals surface area contributed by atoms with Crippen molar-refractivity contribution in [3.63, 3.8) is 0 Å². The quantitative estimate of drug-likeness (QED) is 0.787. The number of nitrogens with one attached hydrogen (secondary N) is 1. The largest absolute Gasteiger partial charge is 0.399 e. The van der Waals surface area contributed by atoms with Gasteiger partial charge in [-0.3, -0.25) is 4.79 Å². The van der Waals surface area contributed by atoms with Crippen molar-refractivity contribution in [2.24, 2.45) is 17.8 Å². The van der Waals surface area contributed by atoms with Crippen LogP contribution in [0.2, 0.25) is 0 Å². The van der Waals surface area contributed by atoms with Crippen LogP contribution in [0.25, 0.3) is 0 Å². The fourth-order valence-corrected chi connectivity index (χ4v) is 2.70. The highest BCUT2D eigenvalue weighted by molar-refractivity contribution is 5.87. The first kappa shape index (κ1) is 17.5. The van der Waals surface area contributed by atoms with Crippen molar-refractivity contribution in [3.05, 3.63) is 29.8 Å². The zero-order chi connectivity index (χ0) is 16.2. The van der Waals surface area contributed by atoms with Gasteiger partial charge in [0, 0.05) is 12.2 Å². The van der Waals surface area contributed by atoms with Crippen molar-refractivity contribution < 1.29 is 4.79 Å². The van der Waals surface area contributed by atoms with E-state index >= 15 is 0 Å². The van der Waals surface area contributed by atoms with E-state index in [0.717, 1.165) is 17.8 Å². The second-order valence-electron chi connectivity index (χ2n) is 7.11. The average molecular weight is 290 g/mol. The van der Waals surface area contributed by atoms with E-state index in [2.05, 4.69) is 33.0 Å². The van der Waals surface area contributed by atoms with E-state index < -0.39 is 5.41 Å². The Morgan fingerprint density at radius 3 is 2.00 bits per heavy atom. The Morgan fingerprint density at radius 2 is 1.57 bits per heavy atom. The van der Waals surface area contributed by atoms with Gasteiger partial charge < -0.3 is 11.1 Å². The summed E-state index contributed by atoms with van der Waals surface area (Å²) in [7, 11) is 0. The van der Waals surface area contributed by atoms with Crippen LogP contribution in [0.1, 0.15) is 47.1 Å².